The second kappa shape index (κ2) is 7.10. The van der Waals surface area contributed by atoms with Crippen molar-refractivity contribution in [1.29, 1.82) is 0 Å². The van der Waals surface area contributed by atoms with Crippen molar-refractivity contribution in [2.45, 2.75) is 75.7 Å². The number of amides is 1. The van der Waals surface area contributed by atoms with Crippen LogP contribution in [-0.4, -0.2) is 34.5 Å². The lowest BCUT2D eigenvalue weighted by Gasteiger charge is -2.33. The zero-order valence-electron chi connectivity index (χ0n) is 17.8. The second-order valence-electron chi connectivity index (χ2n) is 9.55. The van der Waals surface area contributed by atoms with Gasteiger partial charge in [-0.25, -0.2) is 4.79 Å². The fourth-order valence-electron chi connectivity index (χ4n) is 5.18. The lowest BCUT2D eigenvalue weighted by Crippen LogP contribution is -2.47. The summed E-state index contributed by atoms with van der Waals surface area (Å²) in [6.07, 6.45) is 1.82. The molecule has 4 atom stereocenters. The molecule has 0 saturated carbocycles. The number of fused-ring (bicyclic) bond motifs is 3. The van der Waals surface area contributed by atoms with Crippen LogP contribution in [0, 0.1) is 0 Å². The van der Waals surface area contributed by atoms with Crippen LogP contribution in [0.4, 0.5) is 4.79 Å². The molecule has 0 aromatic heterocycles. The standard InChI is InChI=1S/C25H29NO4/c1-24(2,3)30-23(27)26-19-14-15-20(26)25(16-19)28-21(17-10-6-4-7-11-17)22(29-25)18-12-8-5-9-13-18/h4-13,19-22H,14-16H2,1-3H3/t19-,20+,21+,22+/m0/s1. The summed E-state index contributed by atoms with van der Waals surface area (Å²) in [6.45, 7) is 5.70. The third-order valence-corrected chi connectivity index (χ3v) is 6.32. The maximum absolute atomic E-state index is 13.0. The first kappa shape index (κ1) is 19.6. The molecule has 3 aliphatic rings. The van der Waals surface area contributed by atoms with Crippen LogP contribution in [-0.2, 0) is 14.2 Å². The molecule has 3 fully saturated rings. The van der Waals surface area contributed by atoms with E-state index in [1.807, 2.05) is 62.1 Å². The summed E-state index contributed by atoms with van der Waals surface area (Å²) in [5, 5.41) is 0. The van der Waals surface area contributed by atoms with E-state index < -0.39 is 11.4 Å². The number of benzene rings is 2. The highest BCUT2D eigenvalue weighted by atomic mass is 16.8. The van der Waals surface area contributed by atoms with Crippen molar-refractivity contribution in [2.75, 3.05) is 0 Å². The fourth-order valence-corrected chi connectivity index (χ4v) is 5.18. The van der Waals surface area contributed by atoms with Crippen molar-refractivity contribution in [3.8, 4) is 0 Å². The van der Waals surface area contributed by atoms with E-state index in [1.54, 1.807) is 0 Å². The summed E-state index contributed by atoms with van der Waals surface area (Å²) in [5.41, 5.74) is 1.66. The highest BCUT2D eigenvalue weighted by Gasteiger charge is 2.65. The highest BCUT2D eigenvalue weighted by molar-refractivity contribution is 5.70. The number of carbonyl (C=O) groups is 1. The summed E-state index contributed by atoms with van der Waals surface area (Å²) in [4.78, 5) is 14.8. The van der Waals surface area contributed by atoms with E-state index in [9.17, 15) is 4.79 Å². The van der Waals surface area contributed by atoms with Crippen LogP contribution in [0.2, 0.25) is 0 Å². The van der Waals surface area contributed by atoms with Crippen LogP contribution in [0.25, 0.3) is 0 Å². The van der Waals surface area contributed by atoms with Gasteiger partial charge in [0.25, 0.3) is 0 Å². The quantitative estimate of drug-likeness (QED) is 0.670. The predicted octanol–water partition coefficient (Wildman–Crippen LogP) is 5.38. The number of rotatable bonds is 2. The van der Waals surface area contributed by atoms with Gasteiger partial charge < -0.3 is 14.2 Å². The van der Waals surface area contributed by atoms with Gasteiger partial charge in [0.15, 0.2) is 5.79 Å². The number of carbonyl (C=O) groups excluding carboxylic acids is 1. The van der Waals surface area contributed by atoms with Crippen molar-refractivity contribution < 1.29 is 19.0 Å². The summed E-state index contributed by atoms with van der Waals surface area (Å²) in [6, 6.07) is 20.4. The minimum atomic E-state index is -0.791. The molecule has 2 aromatic carbocycles. The van der Waals surface area contributed by atoms with E-state index in [4.69, 9.17) is 14.2 Å². The molecule has 5 nitrogen and oxygen atoms in total. The maximum Gasteiger partial charge on any atom is 0.410 e. The van der Waals surface area contributed by atoms with Gasteiger partial charge in [-0.1, -0.05) is 60.7 Å². The highest BCUT2D eigenvalue weighted by Crippen LogP contribution is 2.57. The van der Waals surface area contributed by atoms with Gasteiger partial charge in [-0.2, -0.15) is 0 Å². The minimum Gasteiger partial charge on any atom is -0.444 e. The van der Waals surface area contributed by atoms with Crippen LogP contribution in [0.5, 0.6) is 0 Å². The molecule has 2 bridgehead atoms. The molecule has 5 rings (SSSR count). The van der Waals surface area contributed by atoms with E-state index >= 15 is 0 Å². The lowest BCUT2D eigenvalue weighted by atomic mass is 9.94. The van der Waals surface area contributed by atoms with Gasteiger partial charge in [0.1, 0.15) is 17.8 Å². The van der Waals surface area contributed by atoms with E-state index in [1.165, 1.54) is 0 Å². The molecule has 2 aromatic rings. The molecule has 5 heteroatoms. The van der Waals surface area contributed by atoms with Gasteiger partial charge in [-0.3, -0.25) is 4.90 Å². The summed E-state index contributed by atoms with van der Waals surface area (Å²) in [5.74, 6) is -0.791. The molecule has 158 valence electrons. The van der Waals surface area contributed by atoms with E-state index in [2.05, 4.69) is 24.3 Å². The second-order valence-corrected chi connectivity index (χ2v) is 9.55. The molecule has 0 aliphatic carbocycles. The molecule has 0 N–H and O–H groups in total. The Bertz CT molecular complexity index is 860. The third-order valence-electron chi connectivity index (χ3n) is 6.32. The van der Waals surface area contributed by atoms with Crippen molar-refractivity contribution in [1.82, 2.24) is 4.90 Å². The number of nitrogens with zero attached hydrogens (tertiary/aromatic N) is 1. The average Bonchev–Trinajstić information content (AvgIpc) is 3.39. The lowest BCUT2D eigenvalue weighted by molar-refractivity contribution is -0.194. The Morgan fingerprint density at radius 2 is 1.47 bits per heavy atom. The van der Waals surface area contributed by atoms with Crippen LogP contribution in [0.15, 0.2) is 60.7 Å². The summed E-state index contributed by atoms with van der Waals surface area (Å²) < 4.78 is 19.2. The third kappa shape index (κ3) is 3.30. The van der Waals surface area contributed by atoms with E-state index in [0.717, 1.165) is 24.0 Å². The SMILES string of the molecule is CC(C)(C)OC(=O)N1[C@H]2CC[C@@H]1C1(C2)O[C@H](c2ccccc2)[C@@H](c2ccccc2)O1. The molecule has 3 heterocycles. The van der Waals surface area contributed by atoms with Gasteiger partial charge in [0.05, 0.1) is 6.04 Å². The predicted molar refractivity (Wildman–Crippen MR) is 113 cm³/mol. The molecule has 3 saturated heterocycles. The molecule has 1 amide bonds. The molecule has 30 heavy (non-hydrogen) atoms. The summed E-state index contributed by atoms with van der Waals surface area (Å²) >= 11 is 0. The van der Waals surface area contributed by atoms with Crippen molar-refractivity contribution in [3.05, 3.63) is 71.8 Å². The Hall–Kier alpha value is -2.37. The van der Waals surface area contributed by atoms with Gasteiger partial charge in [-0.15, -0.1) is 0 Å². The molecule has 3 aliphatic heterocycles. The van der Waals surface area contributed by atoms with Gasteiger partial charge in [0, 0.05) is 12.5 Å². The normalized spacial score (nSPS) is 29.5. The zero-order valence-corrected chi connectivity index (χ0v) is 17.8. The molecule has 1 spiro atoms. The Balaban J connectivity index is 1.47. The number of ether oxygens (including phenoxy) is 3. The van der Waals surface area contributed by atoms with Crippen LogP contribution in [0.3, 0.4) is 0 Å². The monoisotopic (exact) mass is 407 g/mol. The van der Waals surface area contributed by atoms with E-state index in [-0.39, 0.29) is 30.4 Å². The maximum atomic E-state index is 13.0. The first-order valence-electron chi connectivity index (χ1n) is 10.8. The van der Waals surface area contributed by atoms with Crippen molar-refractivity contribution in [3.63, 3.8) is 0 Å². The van der Waals surface area contributed by atoms with Crippen molar-refractivity contribution >= 4 is 6.09 Å². The molecular formula is C25H29NO4. The Morgan fingerprint density at radius 1 is 0.933 bits per heavy atom. The topological polar surface area (TPSA) is 48.0 Å². The van der Waals surface area contributed by atoms with Crippen LogP contribution < -0.4 is 0 Å². The average molecular weight is 408 g/mol. The number of hydrogen-bond donors (Lipinski definition) is 0. The van der Waals surface area contributed by atoms with Crippen molar-refractivity contribution in [2.24, 2.45) is 0 Å². The Labute approximate surface area is 177 Å². The largest absolute Gasteiger partial charge is 0.444 e. The first-order valence-corrected chi connectivity index (χ1v) is 10.8. The smallest absolute Gasteiger partial charge is 0.410 e. The van der Waals surface area contributed by atoms with Crippen LogP contribution >= 0.6 is 0 Å². The fraction of sp³-hybridized carbons (Fsp3) is 0.480. The zero-order chi connectivity index (χ0) is 20.9. The van der Waals surface area contributed by atoms with Crippen LogP contribution in [0.1, 0.15) is 63.4 Å². The summed E-state index contributed by atoms with van der Waals surface area (Å²) in [7, 11) is 0. The molecule has 0 unspecified atom stereocenters. The molecule has 0 radical (unpaired) electrons. The number of hydrogen-bond acceptors (Lipinski definition) is 4. The van der Waals surface area contributed by atoms with Gasteiger partial charge >= 0.3 is 6.09 Å². The Kier molecular flexibility index (Phi) is 4.64. The molecular weight excluding hydrogens is 378 g/mol. The van der Waals surface area contributed by atoms with Gasteiger partial charge in [-0.05, 0) is 44.7 Å². The first-order chi connectivity index (χ1) is 14.4. The minimum absolute atomic E-state index is 0.0933. The van der Waals surface area contributed by atoms with Gasteiger partial charge in [0.2, 0.25) is 0 Å². The van der Waals surface area contributed by atoms with E-state index in [0.29, 0.717) is 6.42 Å². The Morgan fingerprint density at radius 3 is 1.97 bits per heavy atom.